The summed E-state index contributed by atoms with van der Waals surface area (Å²) in [7, 11) is 1.69. The summed E-state index contributed by atoms with van der Waals surface area (Å²) in [6.45, 7) is 4.12. The molecule has 6 nitrogen and oxygen atoms in total. The number of methoxy groups -OCH3 is 1. The first-order valence-electron chi connectivity index (χ1n) is 8.98. The van der Waals surface area contributed by atoms with Gasteiger partial charge in [0.1, 0.15) is 17.1 Å². The van der Waals surface area contributed by atoms with E-state index in [0.29, 0.717) is 6.04 Å². The summed E-state index contributed by atoms with van der Waals surface area (Å²) in [5, 5.41) is 12.7. The maximum atomic E-state index is 5.49. The van der Waals surface area contributed by atoms with Crippen LogP contribution < -0.4 is 15.0 Å². The van der Waals surface area contributed by atoms with Gasteiger partial charge in [0.25, 0.3) is 0 Å². The second-order valence-electron chi connectivity index (χ2n) is 6.66. The number of ether oxygens (including phenoxy) is 1. The topological polar surface area (TPSA) is 63.2 Å². The molecular formula is C20H23N5O. The average Bonchev–Trinajstić information content (AvgIpc) is 2.69. The number of pyridine rings is 1. The first-order valence-corrected chi connectivity index (χ1v) is 8.98. The predicted molar refractivity (Wildman–Crippen MR) is 104 cm³/mol. The average molecular weight is 349 g/mol. The molecule has 4 rings (SSSR count). The number of anilines is 2. The van der Waals surface area contributed by atoms with Crippen LogP contribution in [-0.2, 0) is 0 Å². The Balaban J connectivity index is 1.55. The standard InChI is InChI=1S/C20H23N5O/c1-14-13-21-19-16(5-3-6-17(19)26-2)20(14)25-11-8-15(9-12-25)23-18-7-4-10-22-24-18/h3-7,10,13,15H,8-9,11-12H2,1-2H3,(H,23,24). The number of nitrogens with one attached hydrogen (secondary N) is 1. The molecule has 0 aliphatic carbocycles. The molecule has 134 valence electrons. The second-order valence-corrected chi connectivity index (χ2v) is 6.66. The Kier molecular flexibility index (Phi) is 4.56. The summed E-state index contributed by atoms with van der Waals surface area (Å²) in [4.78, 5) is 7.06. The largest absolute Gasteiger partial charge is 0.494 e. The van der Waals surface area contributed by atoms with E-state index < -0.39 is 0 Å². The van der Waals surface area contributed by atoms with Gasteiger partial charge >= 0.3 is 0 Å². The van der Waals surface area contributed by atoms with Crippen molar-refractivity contribution in [2.24, 2.45) is 0 Å². The molecule has 0 saturated carbocycles. The fourth-order valence-corrected chi connectivity index (χ4v) is 3.70. The van der Waals surface area contributed by atoms with Crippen molar-refractivity contribution in [3.8, 4) is 5.75 Å². The molecule has 0 bridgehead atoms. The van der Waals surface area contributed by atoms with Gasteiger partial charge in [-0.1, -0.05) is 12.1 Å². The molecule has 1 aromatic carbocycles. The summed E-state index contributed by atoms with van der Waals surface area (Å²) in [5.41, 5.74) is 3.40. The quantitative estimate of drug-likeness (QED) is 0.779. The molecule has 3 aromatic rings. The predicted octanol–water partition coefficient (Wildman–Crippen LogP) is 3.42. The molecule has 0 unspecified atom stereocenters. The molecule has 26 heavy (non-hydrogen) atoms. The van der Waals surface area contributed by atoms with Gasteiger partial charge in [-0.25, -0.2) is 0 Å². The molecule has 3 heterocycles. The number of benzene rings is 1. The number of hydrogen-bond acceptors (Lipinski definition) is 6. The number of aromatic nitrogens is 3. The molecule has 0 atom stereocenters. The maximum absolute atomic E-state index is 5.49. The minimum Gasteiger partial charge on any atom is -0.494 e. The lowest BCUT2D eigenvalue weighted by Gasteiger charge is -2.35. The van der Waals surface area contributed by atoms with E-state index in [1.165, 1.54) is 11.3 Å². The maximum Gasteiger partial charge on any atom is 0.148 e. The summed E-state index contributed by atoms with van der Waals surface area (Å²) >= 11 is 0. The monoisotopic (exact) mass is 349 g/mol. The molecule has 1 aliphatic heterocycles. The molecule has 1 saturated heterocycles. The third kappa shape index (κ3) is 3.14. The molecule has 0 amide bonds. The van der Waals surface area contributed by atoms with Gasteiger partial charge in [0.05, 0.1) is 12.8 Å². The van der Waals surface area contributed by atoms with E-state index in [1.807, 2.05) is 30.5 Å². The SMILES string of the molecule is COc1cccc2c(N3CCC(Nc4cccnn4)CC3)c(C)cnc12. The molecule has 1 fully saturated rings. The number of piperidine rings is 1. The lowest BCUT2D eigenvalue weighted by Crippen LogP contribution is -2.39. The summed E-state index contributed by atoms with van der Waals surface area (Å²) in [6, 6.07) is 10.4. The lowest BCUT2D eigenvalue weighted by molar-refractivity contribution is 0.419. The third-order valence-corrected chi connectivity index (χ3v) is 4.97. The van der Waals surface area contributed by atoms with Crippen LogP contribution in [-0.4, -0.2) is 41.4 Å². The van der Waals surface area contributed by atoms with Crippen molar-refractivity contribution in [1.29, 1.82) is 0 Å². The van der Waals surface area contributed by atoms with Gasteiger partial charge in [-0.05, 0) is 43.5 Å². The van der Waals surface area contributed by atoms with Gasteiger partial charge in [-0.3, -0.25) is 4.98 Å². The number of fused-ring (bicyclic) bond motifs is 1. The smallest absolute Gasteiger partial charge is 0.148 e. The Bertz CT molecular complexity index is 891. The number of aryl methyl sites for hydroxylation is 1. The molecule has 0 radical (unpaired) electrons. The zero-order valence-electron chi connectivity index (χ0n) is 15.1. The Morgan fingerprint density at radius 2 is 2.00 bits per heavy atom. The minimum absolute atomic E-state index is 0.422. The van der Waals surface area contributed by atoms with Crippen LogP contribution in [0.1, 0.15) is 18.4 Å². The molecule has 0 spiro atoms. The zero-order chi connectivity index (χ0) is 17.9. The lowest BCUT2D eigenvalue weighted by atomic mass is 10.0. The van der Waals surface area contributed by atoms with Crippen molar-refractivity contribution >= 4 is 22.4 Å². The van der Waals surface area contributed by atoms with E-state index in [1.54, 1.807) is 13.3 Å². The van der Waals surface area contributed by atoms with Crippen molar-refractivity contribution in [3.63, 3.8) is 0 Å². The van der Waals surface area contributed by atoms with E-state index in [-0.39, 0.29) is 0 Å². The Morgan fingerprint density at radius 1 is 1.15 bits per heavy atom. The summed E-state index contributed by atoms with van der Waals surface area (Å²) in [5.74, 6) is 1.67. The highest BCUT2D eigenvalue weighted by Gasteiger charge is 2.23. The summed E-state index contributed by atoms with van der Waals surface area (Å²) in [6.07, 6.45) is 5.76. The van der Waals surface area contributed by atoms with E-state index in [9.17, 15) is 0 Å². The zero-order valence-corrected chi connectivity index (χ0v) is 15.1. The van der Waals surface area contributed by atoms with Gasteiger partial charge in [-0.2, -0.15) is 5.10 Å². The molecular weight excluding hydrogens is 326 g/mol. The van der Waals surface area contributed by atoms with Crippen LogP contribution in [0.5, 0.6) is 5.75 Å². The van der Waals surface area contributed by atoms with Gasteiger partial charge in [-0.15, -0.1) is 5.10 Å². The van der Waals surface area contributed by atoms with Crippen LogP contribution >= 0.6 is 0 Å². The first-order chi connectivity index (χ1) is 12.8. The van der Waals surface area contributed by atoms with Gasteiger partial charge in [0.15, 0.2) is 0 Å². The van der Waals surface area contributed by atoms with E-state index in [4.69, 9.17) is 4.74 Å². The van der Waals surface area contributed by atoms with Crippen molar-refractivity contribution in [3.05, 3.63) is 48.3 Å². The molecule has 1 aliphatic rings. The number of para-hydroxylation sites is 1. The number of nitrogens with zero attached hydrogens (tertiary/aromatic N) is 4. The molecule has 6 heteroatoms. The Hall–Kier alpha value is -2.89. The van der Waals surface area contributed by atoms with Crippen LogP contribution in [0, 0.1) is 6.92 Å². The first kappa shape index (κ1) is 16.6. The van der Waals surface area contributed by atoms with E-state index >= 15 is 0 Å². The molecule has 2 aromatic heterocycles. The highest BCUT2D eigenvalue weighted by molar-refractivity contribution is 5.96. The molecule has 1 N–H and O–H groups in total. The third-order valence-electron chi connectivity index (χ3n) is 4.97. The second kappa shape index (κ2) is 7.15. The number of hydrogen-bond donors (Lipinski definition) is 1. The highest BCUT2D eigenvalue weighted by atomic mass is 16.5. The minimum atomic E-state index is 0.422. The normalized spacial score (nSPS) is 15.2. The van der Waals surface area contributed by atoms with Crippen molar-refractivity contribution in [2.45, 2.75) is 25.8 Å². The number of rotatable bonds is 4. The van der Waals surface area contributed by atoms with Crippen LogP contribution in [0.4, 0.5) is 11.5 Å². The fourth-order valence-electron chi connectivity index (χ4n) is 3.70. The van der Waals surface area contributed by atoms with Crippen LogP contribution in [0.2, 0.25) is 0 Å². The van der Waals surface area contributed by atoms with Gasteiger partial charge < -0.3 is 15.0 Å². The van der Waals surface area contributed by atoms with Gasteiger partial charge in [0.2, 0.25) is 0 Å². The fraction of sp³-hybridized carbons (Fsp3) is 0.350. The van der Waals surface area contributed by atoms with Crippen molar-refractivity contribution < 1.29 is 4.74 Å². The van der Waals surface area contributed by atoms with Crippen LogP contribution in [0.25, 0.3) is 10.9 Å². The van der Waals surface area contributed by atoms with Gasteiger partial charge in [0, 0.05) is 36.9 Å². The Morgan fingerprint density at radius 3 is 2.73 bits per heavy atom. The van der Waals surface area contributed by atoms with Crippen LogP contribution in [0.15, 0.2) is 42.7 Å². The Labute approximate surface area is 153 Å². The van der Waals surface area contributed by atoms with E-state index in [2.05, 4.69) is 38.4 Å². The highest BCUT2D eigenvalue weighted by Crippen LogP contribution is 2.35. The van der Waals surface area contributed by atoms with Crippen molar-refractivity contribution in [1.82, 2.24) is 15.2 Å². The van der Waals surface area contributed by atoms with Crippen molar-refractivity contribution in [2.75, 3.05) is 30.4 Å². The summed E-state index contributed by atoms with van der Waals surface area (Å²) < 4.78 is 5.49. The van der Waals surface area contributed by atoms with E-state index in [0.717, 1.165) is 48.4 Å². The van der Waals surface area contributed by atoms with Crippen LogP contribution in [0.3, 0.4) is 0 Å².